The van der Waals surface area contributed by atoms with Gasteiger partial charge in [-0.05, 0) is 61.5 Å². The largest absolute Gasteiger partial charge is 0.469 e. The lowest BCUT2D eigenvalue weighted by molar-refractivity contribution is -0.156. The molecule has 1 heterocycles. The summed E-state index contributed by atoms with van der Waals surface area (Å²) in [5.74, 6) is 1.87. The molecule has 0 amide bonds. The minimum Gasteiger partial charge on any atom is -0.469 e. The smallest absolute Gasteiger partial charge is 0.333 e. The second-order valence-corrected chi connectivity index (χ2v) is 7.49. The number of ether oxygens (including phenoxy) is 1. The van der Waals surface area contributed by atoms with Crippen molar-refractivity contribution < 1.29 is 13.9 Å². The summed E-state index contributed by atoms with van der Waals surface area (Å²) in [4.78, 5) is 11.9. The van der Waals surface area contributed by atoms with Crippen molar-refractivity contribution in [3.05, 3.63) is 35.3 Å². The number of esters is 1. The second kappa shape index (κ2) is 5.29. The summed E-state index contributed by atoms with van der Waals surface area (Å²) < 4.78 is 11.5. The lowest BCUT2D eigenvalue weighted by atomic mass is 9.55. The highest BCUT2D eigenvalue weighted by molar-refractivity contribution is 5.87. The number of fused-ring (bicyclic) bond motifs is 2. The Hall–Kier alpha value is -1.51. The first-order valence-electron chi connectivity index (χ1n) is 8.25. The number of carbonyl (C=O) groups excluding carboxylic acids is 1. The van der Waals surface area contributed by atoms with E-state index in [9.17, 15) is 4.79 Å². The quantitative estimate of drug-likeness (QED) is 0.606. The van der Waals surface area contributed by atoms with Crippen LogP contribution in [0.4, 0.5) is 0 Å². The van der Waals surface area contributed by atoms with Crippen molar-refractivity contribution in [2.45, 2.75) is 59.5 Å². The summed E-state index contributed by atoms with van der Waals surface area (Å²) in [5, 5.41) is 0. The standard InChI is InChI=1S/C19H26O3/c1-11(2)18(20)22-16-7-6-14-8-17-15(12(3)10-21-17)9-19(14,5)13(16)4/h10,13-14,16H,1,6-9H2,2-5H3/t13-,14+,16-,19+/m1/s1. The number of hydrogen-bond donors (Lipinski definition) is 0. The van der Waals surface area contributed by atoms with Crippen LogP contribution in [0.5, 0.6) is 0 Å². The van der Waals surface area contributed by atoms with Crippen LogP contribution in [-0.2, 0) is 22.4 Å². The topological polar surface area (TPSA) is 39.4 Å². The summed E-state index contributed by atoms with van der Waals surface area (Å²) in [6, 6.07) is 0. The number of aryl methyl sites for hydroxylation is 1. The van der Waals surface area contributed by atoms with Gasteiger partial charge in [0.15, 0.2) is 0 Å². The Labute approximate surface area is 132 Å². The van der Waals surface area contributed by atoms with Crippen molar-refractivity contribution in [3.8, 4) is 0 Å². The van der Waals surface area contributed by atoms with Gasteiger partial charge in [-0.2, -0.15) is 0 Å². The van der Waals surface area contributed by atoms with Crippen molar-refractivity contribution in [3.63, 3.8) is 0 Å². The maximum absolute atomic E-state index is 11.9. The second-order valence-electron chi connectivity index (χ2n) is 7.49. The van der Waals surface area contributed by atoms with E-state index in [0.717, 1.165) is 25.7 Å². The van der Waals surface area contributed by atoms with E-state index in [-0.39, 0.29) is 17.5 Å². The Morgan fingerprint density at radius 1 is 1.45 bits per heavy atom. The lowest BCUT2D eigenvalue weighted by Crippen LogP contribution is -2.50. The van der Waals surface area contributed by atoms with Crippen LogP contribution in [0.1, 0.15) is 50.5 Å². The molecular formula is C19H26O3. The maximum atomic E-state index is 11.9. The van der Waals surface area contributed by atoms with Gasteiger partial charge >= 0.3 is 5.97 Å². The lowest BCUT2D eigenvalue weighted by Gasteiger charge is -2.51. The molecule has 2 aliphatic rings. The van der Waals surface area contributed by atoms with Gasteiger partial charge in [-0.25, -0.2) is 4.79 Å². The molecule has 3 heteroatoms. The van der Waals surface area contributed by atoms with Crippen molar-refractivity contribution in [2.24, 2.45) is 17.3 Å². The molecule has 2 aliphatic carbocycles. The Morgan fingerprint density at radius 2 is 2.18 bits per heavy atom. The van der Waals surface area contributed by atoms with Gasteiger partial charge in [0.25, 0.3) is 0 Å². The zero-order valence-electron chi connectivity index (χ0n) is 14.1. The normalized spacial score (nSPS) is 33.7. The van der Waals surface area contributed by atoms with Crippen LogP contribution in [0.25, 0.3) is 0 Å². The summed E-state index contributed by atoms with van der Waals surface area (Å²) >= 11 is 0. The molecule has 120 valence electrons. The molecule has 0 spiro atoms. The number of furan rings is 1. The zero-order valence-corrected chi connectivity index (χ0v) is 14.1. The molecular weight excluding hydrogens is 276 g/mol. The minimum absolute atomic E-state index is 0.000734. The molecule has 4 atom stereocenters. The van der Waals surface area contributed by atoms with Crippen molar-refractivity contribution in [2.75, 3.05) is 0 Å². The molecule has 3 rings (SSSR count). The Balaban J connectivity index is 1.84. The van der Waals surface area contributed by atoms with Crippen LogP contribution in [0.3, 0.4) is 0 Å². The van der Waals surface area contributed by atoms with Crippen LogP contribution >= 0.6 is 0 Å². The van der Waals surface area contributed by atoms with Gasteiger partial charge in [0.1, 0.15) is 11.9 Å². The third-order valence-corrected chi connectivity index (χ3v) is 6.12. The van der Waals surface area contributed by atoms with E-state index < -0.39 is 0 Å². The minimum atomic E-state index is -0.255. The van der Waals surface area contributed by atoms with Gasteiger partial charge in [0.05, 0.1) is 6.26 Å². The van der Waals surface area contributed by atoms with Crippen LogP contribution in [0.15, 0.2) is 22.8 Å². The highest BCUT2D eigenvalue weighted by Crippen LogP contribution is 2.53. The molecule has 1 aromatic rings. The molecule has 0 bridgehead atoms. The molecule has 0 saturated heterocycles. The Bertz CT molecular complexity index is 612. The van der Waals surface area contributed by atoms with Gasteiger partial charge in [0.2, 0.25) is 0 Å². The molecule has 1 aromatic heterocycles. The van der Waals surface area contributed by atoms with Crippen LogP contribution in [0, 0.1) is 24.2 Å². The monoisotopic (exact) mass is 302 g/mol. The van der Waals surface area contributed by atoms with E-state index in [1.807, 2.05) is 6.26 Å². The van der Waals surface area contributed by atoms with E-state index in [0.29, 0.717) is 17.4 Å². The fraction of sp³-hybridized carbons (Fsp3) is 0.632. The number of rotatable bonds is 2. The van der Waals surface area contributed by atoms with E-state index in [1.165, 1.54) is 16.9 Å². The van der Waals surface area contributed by atoms with Crippen molar-refractivity contribution in [1.82, 2.24) is 0 Å². The predicted octanol–water partition coefficient (Wildman–Crippen LogP) is 4.23. The van der Waals surface area contributed by atoms with Gasteiger partial charge in [-0.15, -0.1) is 0 Å². The van der Waals surface area contributed by atoms with Crippen molar-refractivity contribution in [1.29, 1.82) is 0 Å². The highest BCUT2D eigenvalue weighted by atomic mass is 16.5. The fourth-order valence-electron chi connectivity index (χ4n) is 4.32. The molecule has 0 unspecified atom stereocenters. The van der Waals surface area contributed by atoms with Gasteiger partial charge in [-0.3, -0.25) is 0 Å². The Morgan fingerprint density at radius 3 is 2.86 bits per heavy atom. The van der Waals surface area contributed by atoms with Gasteiger partial charge < -0.3 is 9.15 Å². The first-order valence-corrected chi connectivity index (χ1v) is 8.25. The molecule has 22 heavy (non-hydrogen) atoms. The Kier molecular flexibility index (Phi) is 3.70. The molecule has 1 fully saturated rings. The van der Waals surface area contributed by atoms with E-state index in [2.05, 4.69) is 27.4 Å². The predicted molar refractivity (Wildman–Crippen MR) is 85.5 cm³/mol. The number of hydrogen-bond acceptors (Lipinski definition) is 3. The van der Waals surface area contributed by atoms with Gasteiger partial charge in [-0.1, -0.05) is 20.4 Å². The SMILES string of the molecule is C=C(C)C(=O)O[C@@H]1CC[C@H]2Cc3occ(C)c3C[C@@]2(C)[C@@H]1C. The first-order chi connectivity index (χ1) is 10.3. The summed E-state index contributed by atoms with van der Waals surface area (Å²) in [5.41, 5.74) is 3.27. The molecule has 1 saturated carbocycles. The zero-order chi connectivity index (χ0) is 16.1. The molecule has 0 radical (unpaired) electrons. The van der Waals surface area contributed by atoms with E-state index in [1.54, 1.807) is 6.92 Å². The highest BCUT2D eigenvalue weighted by Gasteiger charge is 2.50. The van der Waals surface area contributed by atoms with E-state index in [4.69, 9.17) is 9.15 Å². The van der Waals surface area contributed by atoms with E-state index >= 15 is 0 Å². The van der Waals surface area contributed by atoms with Crippen molar-refractivity contribution >= 4 is 5.97 Å². The van der Waals surface area contributed by atoms with Crippen LogP contribution in [-0.4, -0.2) is 12.1 Å². The molecule has 0 N–H and O–H groups in total. The third kappa shape index (κ3) is 2.31. The third-order valence-electron chi connectivity index (χ3n) is 6.12. The first kappa shape index (κ1) is 15.4. The fourth-order valence-corrected chi connectivity index (χ4v) is 4.32. The summed E-state index contributed by atoms with van der Waals surface area (Å²) in [6.07, 6.45) is 5.96. The molecule has 0 aliphatic heterocycles. The van der Waals surface area contributed by atoms with Gasteiger partial charge in [0, 0.05) is 12.0 Å². The summed E-state index contributed by atoms with van der Waals surface area (Å²) in [7, 11) is 0. The molecule has 3 nitrogen and oxygen atoms in total. The maximum Gasteiger partial charge on any atom is 0.333 e. The summed E-state index contributed by atoms with van der Waals surface area (Å²) in [6.45, 7) is 12.1. The van der Waals surface area contributed by atoms with Crippen LogP contribution < -0.4 is 0 Å². The molecule has 0 aromatic carbocycles. The average Bonchev–Trinajstić information content (AvgIpc) is 2.81. The average molecular weight is 302 g/mol. The van der Waals surface area contributed by atoms with Crippen LogP contribution in [0.2, 0.25) is 0 Å². The number of carbonyl (C=O) groups is 1.